The number of hydrogen-bond donors (Lipinski definition) is 1. The van der Waals surface area contributed by atoms with Crippen LogP contribution in [-0.4, -0.2) is 18.5 Å². The predicted molar refractivity (Wildman–Crippen MR) is 86.7 cm³/mol. The van der Waals surface area contributed by atoms with Gasteiger partial charge in [0.2, 0.25) is 12.7 Å². The Morgan fingerprint density at radius 3 is 2.52 bits per heavy atom. The summed E-state index contributed by atoms with van der Waals surface area (Å²) in [5, 5.41) is 2.74. The van der Waals surface area contributed by atoms with Crippen molar-refractivity contribution in [1.82, 2.24) is 0 Å². The quantitative estimate of drug-likeness (QED) is 0.695. The van der Waals surface area contributed by atoms with Crippen molar-refractivity contribution < 1.29 is 19.1 Å². The molecule has 1 amide bonds. The van der Waals surface area contributed by atoms with Crippen LogP contribution in [0.2, 0.25) is 0 Å². The van der Waals surface area contributed by atoms with E-state index in [-0.39, 0.29) is 18.5 Å². The lowest BCUT2D eigenvalue weighted by Gasteiger charge is -2.03. The van der Waals surface area contributed by atoms with E-state index >= 15 is 0 Å². The first-order valence-electron chi connectivity index (χ1n) is 7.11. The molecule has 0 atom stereocenters. The van der Waals surface area contributed by atoms with Crippen molar-refractivity contribution in [3.05, 3.63) is 59.7 Å². The standard InChI is InChI=1S/C18H15NO4/c1-12(20)14-4-6-15(7-5-14)19-18(21)9-3-13-2-8-16-17(10-13)23-11-22-16/h2-10H,11H2,1H3,(H,19,21)/b9-3-. The van der Waals surface area contributed by atoms with Gasteiger partial charge in [-0.05, 0) is 55.0 Å². The number of ketones is 1. The average Bonchev–Trinajstić information content (AvgIpc) is 3.01. The zero-order valence-corrected chi connectivity index (χ0v) is 12.5. The Kier molecular flexibility index (Phi) is 4.10. The van der Waals surface area contributed by atoms with Crippen LogP contribution in [0.5, 0.6) is 11.5 Å². The van der Waals surface area contributed by atoms with E-state index in [0.29, 0.717) is 22.7 Å². The third-order valence-corrected chi connectivity index (χ3v) is 3.38. The summed E-state index contributed by atoms with van der Waals surface area (Å²) in [4.78, 5) is 23.1. The van der Waals surface area contributed by atoms with Gasteiger partial charge in [-0.15, -0.1) is 0 Å². The number of carbonyl (C=O) groups excluding carboxylic acids is 2. The molecule has 0 bridgehead atoms. The minimum Gasteiger partial charge on any atom is -0.454 e. The van der Waals surface area contributed by atoms with Crippen LogP contribution < -0.4 is 14.8 Å². The fraction of sp³-hybridized carbons (Fsp3) is 0.111. The van der Waals surface area contributed by atoms with Crippen molar-refractivity contribution in [3.8, 4) is 11.5 Å². The minimum atomic E-state index is -0.252. The van der Waals surface area contributed by atoms with Crippen LogP contribution in [-0.2, 0) is 4.79 Å². The van der Waals surface area contributed by atoms with Crippen LogP contribution in [0, 0.1) is 0 Å². The second-order valence-corrected chi connectivity index (χ2v) is 5.07. The fourth-order valence-electron chi connectivity index (χ4n) is 2.16. The van der Waals surface area contributed by atoms with Crippen LogP contribution in [0.25, 0.3) is 6.08 Å². The van der Waals surface area contributed by atoms with Gasteiger partial charge in [-0.1, -0.05) is 6.07 Å². The Bertz CT molecular complexity index is 778. The van der Waals surface area contributed by atoms with Gasteiger partial charge in [0.25, 0.3) is 0 Å². The zero-order chi connectivity index (χ0) is 16.2. The van der Waals surface area contributed by atoms with Crippen LogP contribution in [0.4, 0.5) is 5.69 Å². The number of fused-ring (bicyclic) bond motifs is 1. The van der Waals surface area contributed by atoms with Gasteiger partial charge in [-0.25, -0.2) is 0 Å². The molecule has 2 aromatic rings. The molecule has 0 spiro atoms. The van der Waals surface area contributed by atoms with Crippen molar-refractivity contribution in [2.45, 2.75) is 6.92 Å². The van der Waals surface area contributed by atoms with Gasteiger partial charge in [0, 0.05) is 17.3 Å². The van der Waals surface area contributed by atoms with E-state index in [9.17, 15) is 9.59 Å². The zero-order valence-electron chi connectivity index (χ0n) is 12.5. The molecule has 3 rings (SSSR count). The van der Waals surface area contributed by atoms with E-state index in [0.717, 1.165) is 5.56 Å². The molecule has 23 heavy (non-hydrogen) atoms. The molecule has 5 heteroatoms. The molecular formula is C18H15NO4. The molecule has 1 N–H and O–H groups in total. The molecule has 0 aromatic heterocycles. The summed E-state index contributed by atoms with van der Waals surface area (Å²) in [7, 11) is 0. The predicted octanol–water partition coefficient (Wildman–Crippen LogP) is 3.27. The maximum absolute atomic E-state index is 11.9. The molecule has 0 saturated carbocycles. The molecule has 1 aliphatic heterocycles. The largest absolute Gasteiger partial charge is 0.454 e. The summed E-state index contributed by atoms with van der Waals surface area (Å²) in [6.45, 7) is 1.72. The van der Waals surface area contributed by atoms with Gasteiger partial charge in [-0.3, -0.25) is 9.59 Å². The first-order chi connectivity index (χ1) is 11.1. The summed E-state index contributed by atoms with van der Waals surface area (Å²) in [6, 6.07) is 12.2. The Balaban J connectivity index is 1.63. The highest BCUT2D eigenvalue weighted by Crippen LogP contribution is 2.32. The van der Waals surface area contributed by atoms with Gasteiger partial charge in [0.15, 0.2) is 17.3 Å². The van der Waals surface area contributed by atoms with Crippen molar-refractivity contribution >= 4 is 23.5 Å². The first-order valence-corrected chi connectivity index (χ1v) is 7.11. The monoisotopic (exact) mass is 309 g/mol. The molecule has 0 fully saturated rings. The van der Waals surface area contributed by atoms with Gasteiger partial charge < -0.3 is 14.8 Å². The van der Waals surface area contributed by atoms with E-state index in [4.69, 9.17) is 9.47 Å². The molecule has 0 radical (unpaired) electrons. The average molecular weight is 309 g/mol. The Morgan fingerprint density at radius 2 is 1.78 bits per heavy atom. The van der Waals surface area contributed by atoms with Crippen molar-refractivity contribution in [2.75, 3.05) is 12.1 Å². The second kappa shape index (κ2) is 6.36. The topological polar surface area (TPSA) is 64.6 Å². The number of benzene rings is 2. The van der Waals surface area contributed by atoms with Gasteiger partial charge in [0.1, 0.15) is 0 Å². The van der Waals surface area contributed by atoms with E-state index in [1.807, 2.05) is 12.1 Å². The van der Waals surface area contributed by atoms with Gasteiger partial charge >= 0.3 is 0 Å². The third kappa shape index (κ3) is 3.58. The number of rotatable bonds is 4. The molecular weight excluding hydrogens is 294 g/mol. The molecule has 1 heterocycles. The normalized spacial score (nSPS) is 12.4. The molecule has 116 valence electrons. The Hall–Kier alpha value is -3.08. The lowest BCUT2D eigenvalue weighted by atomic mass is 10.1. The highest BCUT2D eigenvalue weighted by Gasteiger charge is 2.12. The van der Waals surface area contributed by atoms with Crippen LogP contribution in [0.3, 0.4) is 0 Å². The highest BCUT2D eigenvalue weighted by atomic mass is 16.7. The van der Waals surface area contributed by atoms with Crippen molar-refractivity contribution in [1.29, 1.82) is 0 Å². The number of ether oxygens (including phenoxy) is 2. The number of carbonyl (C=O) groups is 2. The summed E-state index contributed by atoms with van der Waals surface area (Å²) in [6.07, 6.45) is 3.14. The van der Waals surface area contributed by atoms with Crippen LogP contribution in [0.1, 0.15) is 22.8 Å². The fourth-order valence-corrected chi connectivity index (χ4v) is 2.16. The number of amides is 1. The number of hydrogen-bond acceptors (Lipinski definition) is 4. The Labute approximate surface area is 133 Å². The van der Waals surface area contributed by atoms with E-state index in [2.05, 4.69) is 5.32 Å². The molecule has 0 unspecified atom stereocenters. The molecule has 1 aliphatic rings. The molecule has 5 nitrogen and oxygen atoms in total. The van der Waals surface area contributed by atoms with E-state index in [1.54, 1.807) is 36.4 Å². The SMILES string of the molecule is CC(=O)c1ccc(NC(=O)/C=C\c2ccc3c(c2)OCO3)cc1. The number of Topliss-reactive ketones (excluding diaryl/α,β-unsaturated/α-hetero) is 1. The Morgan fingerprint density at radius 1 is 1.04 bits per heavy atom. The summed E-state index contributed by atoms with van der Waals surface area (Å²) >= 11 is 0. The number of anilines is 1. The summed E-state index contributed by atoms with van der Waals surface area (Å²) in [5.41, 5.74) is 2.09. The lowest BCUT2D eigenvalue weighted by Crippen LogP contribution is -2.07. The number of nitrogens with one attached hydrogen (secondary N) is 1. The maximum Gasteiger partial charge on any atom is 0.248 e. The first kappa shape index (κ1) is 14.8. The molecule has 0 saturated heterocycles. The van der Waals surface area contributed by atoms with Crippen molar-refractivity contribution in [3.63, 3.8) is 0 Å². The molecule has 0 aliphatic carbocycles. The minimum absolute atomic E-state index is 0.00872. The lowest BCUT2D eigenvalue weighted by molar-refractivity contribution is -0.111. The van der Waals surface area contributed by atoms with Crippen molar-refractivity contribution in [2.24, 2.45) is 0 Å². The summed E-state index contributed by atoms with van der Waals surface area (Å²) in [5.74, 6) is 1.12. The maximum atomic E-state index is 11.9. The summed E-state index contributed by atoms with van der Waals surface area (Å²) < 4.78 is 10.5. The third-order valence-electron chi connectivity index (χ3n) is 3.38. The van der Waals surface area contributed by atoms with Gasteiger partial charge in [-0.2, -0.15) is 0 Å². The smallest absolute Gasteiger partial charge is 0.248 e. The van der Waals surface area contributed by atoms with Crippen LogP contribution >= 0.6 is 0 Å². The molecule has 2 aromatic carbocycles. The van der Waals surface area contributed by atoms with E-state index < -0.39 is 0 Å². The van der Waals surface area contributed by atoms with E-state index in [1.165, 1.54) is 13.0 Å². The second-order valence-electron chi connectivity index (χ2n) is 5.07. The highest BCUT2D eigenvalue weighted by molar-refractivity contribution is 6.02. The van der Waals surface area contributed by atoms with Gasteiger partial charge in [0.05, 0.1) is 0 Å². The van der Waals surface area contributed by atoms with Crippen LogP contribution in [0.15, 0.2) is 48.5 Å².